The molecule has 3 aromatic rings. The van der Waals surface area contributed by atoms with Crippen LogP contribution in [0.3, 0.4) is 0 Å². The molecule has 0 fully saturated rings. The maximum Gasteiger partial charge on any atom is 0.286 e. The molecular formula is C19H19ClN2O3S. The van der Waals surface area contributed by atoms with Crippen molar-refractivity contribution < 1.29 is 14.3 Å². The maximum atomic E-state index is 12.3. The third kappa shape index (κ3) is 4.52. The molecule has 2 aromatic carbocycles. The van der Waals surface area contributed by atoms with Crippen LogP contribution in [0.1, 0.15) is 5.56 Å². The quantitative estimate of drug-likeness (QED) is 0.643. The lowest BCUT2D eigenvalue weighted by molar-refractivity contribution is -0.120. The summed E-state index contributed by atoms with van der Waals surface area (Å²) in [5.74, 6) is 0.242. The Hall–Kier alpha value is -2.15. The van der Waals surface area contributed by atoms with Gasteiger partial charge in [0.05, 0.1) is 16.8 Å². The van der Waals surface area contributed by atoms with Crippen molar-refractivity contribution in [3.8, 4) is 5.75 Å². The van der Waals surface area contributed by atoms with Crippen molar-refractivity contribution in [2.45, 2.75) is 13.5 Å². The van der Waals surface area contributed by atoms with Crippen LogP contribution >= 0.6 is 22.9 Å². The summed E-state index contributed by atoms with van der Waals surface area (Å²) in [5, 5.41) is 0.619. The highest BCUT2D eigenvalue weighted by Crippen LogP contribution is 2.19. The molecular weight excluding hydrogens is 372 g/mol. The summed E-state index contributed by atoms with van der Waals surface area (Å²) in [7, 11) is 1.65. The molecule has 1 amide bonds. The first kappa shape index (κ1) is 18.6. The fraction of sp³-hybridized carbons (Fsp3) is 0.263. The van der Waals surface area contributed by atoms with Crippen LogP contribution in [0.2, 0.25) is 5.02 Å². The number of fused-ring (bicyclic) bond motifs is 1. The number of aromatic nitrogens is 1. The molecule has 7 heteroatoms. The number of amides is 1. The molecule has 0 atom stereocenters. The molecule has 5 nitrogen and oxygen atoms in total. The van der Waals surface area contributed by atoms with E-state index in [9.17, 15) is 4.79 Å². The summed E-state index contributed by atoms with van der Waals surface area (Å²) < 4.78 is 13.8. The van der Waals surface area contributed by atoms with Gasteiger partial charge < -0.3 is 14.0 Å². The van der Waals surface area contributed by atoms with Gasteiger partial charge in [-0.3, -0.25) is 4.79 Å². The second kappa shape index (κ2) is 8.49. The van der Waals surface area contributed by atoms with Crippen molar-refractivity contribution in [1.29, 1.82) is 0 Å². The average Bonchev–Trinajstić information content (AvgIpc) is 2.95. The second-order valence-electron chi connectivity index (χ2n) is 5.75. The Kier molecular flexibility index (Phi) is 6.08. The van der Waals surface area contributed by atoms with Crippen LogP contribution < -0.4 is 9.54 Å². The van der Waals surface area contributed by atoms with Crippen molar-refractivity contribution in [2.75, 3.05) is 20.3 Å². The fourth-order valence-electron chi connectivity index (χ4n) is 2.48. The highest BCUT2D eigenvalue weighted by molar-refractivity contribution is 7.16. The van der Waals surface area contributed by atoms with Crippen molar-refractivity contribution in [1.82, 2.24) is 4.57 Å². The van der Waals surface area contributed by atoms with Crippen LogP contribution in [-0.4, -0.2) is 30.8 Å². The van der Waals surface area contributed by atoms with E-state index >= 15 is 0 Å². The molecule has 26 heavy (non-hydrogen) atoms. The molecule has 0 aliphatic carbocycles. The third-order valence-electron chi connectivity index (χ3n) is 3.75. The Bertz CT molecular complexity index is 977. The molecule has 1 aromatic heterocycles. The summed E-state index contributed by atoms with van der Waals surface area (Å²) in [6.45, 7) is 3.09. The first-order valence-electron chi connectivity index (χ1n) is 8.11. The molecule has 3 rings (SSSR count). The standard InChI is InChI=1S/C19H19ClN2O3S/c1-13-3-8-16-17(11-13)26-19(22(16)9-10-24-2)21-18(23)12-25-15-6-4-14(20)5-7-15/h3-8,11H,9-10,12H2,1-2H3. The number of ether oxygens (including phenoxy) is 2. The van der Waals surface area contributed by atoms with E-state index in [1.807, 2.05) is 23.6 Å². The molecule has 0 unspecified atom stereocenters. The number of hydrogen-bond donors (Lipinski definition) is 0. The third-order valence-corrected chi connectivity index (χ3v) is 5.05. The van der Waals surface area contributed by atoms with E-state index in [2.05, 4.69) is 11.1 Å². The lowest BCUT2D eigenvalue weighted by Gasteiger charge is -2.05. The van der Waals surface area contributed by atoms with Crippen molar-refractivity contribution in [2.24, 2.45) is 4.99 Å². The van der Waals surface area contributed by atoms with Crippen molar-refractivity contribution in [3.05, 3.63) is 57.9 Å². The fourth-order valence-corrected chi connectivity index (χ4v) is 3.78. The summed E-state index contributed by atoms with van der Waals surface area (Å²) in [4.78, 5) is 17.2. The Labute approximate surface area is 160 Å². The molecule has 0 saturated heterocycles. The van der Waals surface area contributed by atoms with Crippen LogP contribution in [0.25, 0.3) is 10.2 Å². The SMILES string of the molecule is COCCn1c(=NC(=O)COc2ccc(Cl)cc2)sc2cc(C)ccc21. The number of carbonyl (C=O) groups is 1. The average molecular weight is 391 g/mol. The van der Waals surface area contributed by atoms with Crippen LogP contribution in [0, 0.1) is 6.92 Å². The molecule has 0 radical (unpaired) electrons. The highest BCUT2D eigenvalue weighted by atomic mass is 35.5. The van der Waals surface area contributed by atoms with E-state index in [-0.39, 0.29) is 12.5 Å². The first-order valence-corrected chi connectivity index (χ1v) is 9.31. The molecule has 0 N–H and O–H groups in total. The Morgan fingerprint density at radius 3 is 2.73 bits per heavy atom. The Morgan fingerprint density at radius 2 is 2.00 bits per heavy atom. The zero-order valence-corrected chi connectivity index (χ0v) is 16.1. The summed E-state index contributed by atoms with van der Waals surface area (Å²) in [6.07, 6.45) is 0. The van der Waals surface area contributed by atoms with Gasteiger partial charge in [0.1, 0.15) is 5.75 Å². The predicted octanol–water partition coefficient (Wildman–Crippen LogP) is 3.82. The molecule has 136 valence electrons. The van der Waals surface area contributed by atoms with E-state index in [0.717, 1.165) is 10.2 Å². The zero-order chi connectivity index (χ0) is 18.5. The van der Waals surface area contributed by atoms with Gasteiger partial charge in [-0.15, -0.1) is 0 Å². The lowest BCUT2D eigenvalue weighted by atomic mass is 10.2. The largest absolute Gasteiger partial charge is 0.484 e. The molecule has 0 aliphatic rings. The minimum Gasteiger partial charge on any atom is -0.484 e. The van der Waals surface area contributed by atoms with Crippen LogP contribution in [-0.2, 0) is 16.1 Å². The Morgan fingerprint density at radius 1 is 1.23 bits per heavy atom. The maximum absolute atomic E-state index is 12.3. The second-order valence-corrected chi connectivity index (χ2v) is 7.19. The first-order chi connectivity index (χ1) is 12.6. The van der Waals surface area contributed by atoms with Gasteiger partial charge in [0.15, 0.2) is 11.4 Å². The van der Waals surface area contributed by atoms with Gasteiger partial charge in [0, 0.05) is 18.7 Å². The molecule has 0 spiro atoms. The molecule has 0 aliphatic heterocycles. The van der Waals surface area contributed by atoms with Gasteiger partial charge in [-0.05, 0) is 48.9 Å². The van der Waals surface area contributed by atoms with Crippen LogP contribution in [0.5, 0.6) is 5.75 Å². The van der Waals surface area contributed by atoms with E-state index in [1.165, 1.54) is 16.9 Å². The van der Waals surface area contributed by atoms with Crippen LogP contribution in [0.15, 0.2) is 47.5 Å². The minimum absolute atomic E-state index is 0.126. The number of methoxy groups -OCH3 is 1. The number of nitrogens with zero attached hydrogens (tertiary/aromatic N) is 2. The van der Waals surface area contributed by atoms with E-state index in [4.69, 9.17) is 21.1 Å². The van der Waals surface area contributed by atoms with Gasteiger partial charge in [0.25, 0.3) is 5.91 Å². The lowest BCUT2D eigenvalue weighted by Crippen LogP contribution is -2.21. The van der Waals surface area contributed by atoms with Crippen molar-refractivity contribution in [3.63, 3.8) is 0 Å². The van der Waals surface area contributed by atoms with E-state index in [0.29, 0.717) is 28.7 Å². The van der Waals surface area contributed by atoms with E-state index in [1.54, 1.807) is 31.4 Å². The van der Waals surface area contributed by atoms with Crippen LogP contribution in [0.4, 0.5) is 0 Å². The minimum atomic E-state index is -0.339. The number of rotatable bonds is 6. The predicted molar refractivity (Wildman–Crippen MR) is 104 cm³/mol. The molecule has 1 heterocycles. The van der Waals surface area contributed by atoms with Crippen molar-refractivity contribution >= 4 is 39.1 Å². The monoisotopic (exact) mass is 390 g/mol. The normalized spacial score (nSPS) is 11.9. The summed E-state index contributed by atoms with van der Waals surface area (Å²) in [5.41, 5.74) is 2.21. The number of halogens is 1. The number of aryl methyl sites for hydroxylation is 1. The number of thiazole rings is 1. The Balaban J connectivity index is 1.84. The van der Waals surface area contributed by atoms with Gasteiger partial charge in [-0.2, -0.15) is 4.99 Å². The number of benzene rings is 2. The van der Waals surface area contributed by atoms with Gasteiger partial charge in [0.2, 0.25) is 0 Å². The van der Waals surface area contributed by atoms with E-state index < -0.39 is 0 Å². The summed E-state index contributed by atoms with van der Waals surface area (Å²) >= 11 is 7.33. The smallest absolute Gasteiger partial charge is 0.286 e. The zero-order valence-electron chi connectivity index (χ0n) is 14.6. The molecule has 0 bridgehead atoms. The highest BCUT2D eigenvalue weighted by Gasteiger charge is 2.09. The molecule has 0 saturated carbocycles. The van der Waals surface area contributed by atoms with Gasteiger partial charge in [-0.1, -0.05) is 29.0 Å². The number of carbonyl (C=O) groups excluding carboxylic acids is 1. The van der Waals surface area contributed by atoms with Gasteiger partial charge >= 0.3 is 0 Å². The number of hydrogen-bond acceptors (Lipinski definition) is 4. The topological polar surface area (TPSA) is 52.8 Å². The van der Waals surface area contributed by atoms with Gasteiger partial charge in [-0.25, -0.2) is 0 Å². The summed E-state index contributed by atoms with van der Waals surface area (Å²) in [6, 6.07) is 13.1.